The summed E-state index contributed by atoms with van der Waals surface area (Å²) in [4.78, 5) is 18.7. The Labute approximate surface area is 150 Å². The number of carboxylic acids is 1. The van der Waals surface area contributed by atoms with Crippen LogP contribution in [0.25, 0.3) is 10.2 Å². The van der Waals surface area contributed by atoms with Crippen LogP contribution in [0.4, 0.5) is 0 Å². The van der Waals surface area contributed by atoms with Gasteiger partial charge in [0, 0.05) is 6.54 Å². The number of para-hydroxylation sites is 1. The molecule has 1 saturated heterocycles. The molecule has 5 heteroatoms. The molecule has 128 valence electrons. The minimum Gasteiger partial charge on any atom is -0.480 e. The molecule has 2 heterocycles. The van der Waals surface area contributed by atoms with Gasteiger partial charge in [-0.3, -0.25) is 9.69 Å². The van der Waals surface area contributed by atoms with Crippen LogP contribution < -0.4 is 0 Å². The summed E-state index contributed by atoms with van der Waals surface area (Å²) in [5, 5.41) is 10.6. The largest absolute Gasteiger partial charge is 0.480 e. The van der Waals surface area contributed by atoms with Gasteiger partial charge in [-0.05, 0) is 37.5 Å². The first-order valence-corrected chi connectivity index (χ1v) is 9.36. The first-order chi connectivity index (χ1) is 12.1. The third kappa shape index (κ3) is 3.05. The van der Waals surface area contributed by atoms with Crippen molar-refractivity contribution >= 4 is 27.5 Å². The van der Waals surface area contributed by atoms with Gasteiger partial charge in [0.1, 0.15) is 11.0 Å². The summed E-state index contributed by atoms with van der Waals surface area (Å²) >= 11 is 1.66. The molecule has 2 unspecified atom stereocenters. The first-order valence-electron chi connectivity index (χ1n) is 8.54. The van der Waals surface area contributed by atoms with Crippen molar-refractivity contribution in [1.29, 1.82) is 0 Å². The molecule has 4 rings (SSSR count). The molecule has 1 aliphatic heterocycles. The van der Waals surface area contributed by atoms with Crippen LogP contribution in [0, 0.1) is 6.92 Å². The Bertz CT molecular complexity index is 870. The first kappa shape index (κ1) is 16.2. The highest BCUT2D eigenvalue weighted by Crippen LogP contribution is 2.38. The standard InChI is InChI=1S/C20H20N2O2S/c1-13-8-10-14(11-9-13)18(22-12-4-6-16(22)20(23)24)19-21-15-5-2-3-7-17(15)25-19/h2-3,5,7-11,16,18H,4,6,12H2,1H3,(H,23,24). The summed E-state index contributed by atoms with van der Waals surface area (Å²) in [6.07, 6.45) is 1.60. The van der Waals surface area contributed by atoms with Crippen molar-refractivity contribution in [3.8, 4) is 0 Å². The molecule has 0 amide bonds. The Hall–Kier alpha value is -2.24. The topological polar surface area (TPSA) is 53.4 Å². The summed E-state index contributed by atoms with van der Waals surface area (Å²) < 4.78 is 1.14. The van der Waals surface area contributed by atoms with Crippen LogP contribution >= 0.6 is 11.3 Å². The number of benzene rings is 2. The number of aromatic nitrogens is 1. The van der Waals surface area contributed by atoms with E-state index in [-0.39, 0.29) is 6.04 Å². The number of nitrogens with zero attached hydrogens (tertiary/aromatic N) is 2. The normalized spacial score (nSPS) is 19.3. The number of aliphatic carboxylic acids is 1. The third-order valence-corrected chi connectivity index (χ3v) is 5.94. The fourth-order valence-electron chi connectivity index (χ4n) is 3.59. The minimum absolute atomic E-state index is 0.110. The summed E-state index contributed by atoms with van der Waals surface area (Å²) in [6, 6.07) is 15.9. The van der Waals surface area contributed by atoms with Gasteiger partial charge in [0.15, 0.2) is 0 Å². The van der Waals surface area contributed by atoms with E-state index < -0.39 is 12.0 Å². The van der Waals surface area contributed by atoms with Crippen LogP contribution in [-0.4, -0.2) is 33.5 Å². The monoisotopic (exact) mass is 352 g/mol. The van der Waals surface area contributed by atoms with E-state index in [4.69, 9.17) is 4.98 Å². The molecule has 25 heavy (non-hydrogen) atoms. The van der Waals surface area contributed by atoms with Crippen LogP contribution in [-0.2, 0) is 4.79 Å². The Morgan fingerprint density at radius 2 is 2.00 bits per heavy atom. The number of carbonyl (C=O) groups is 1. The Morgan fingerprint density at radius 3 is 2.72 bits per heavy atom. The number of rotatable bonds is 4. The Balaban J connectivity index is 1.83. The summed E-state index contributed by atoms with van der Waals surface area (Å²) in [6.45, 7) is 2.85. The van der Waals surface area contributed by atoms with E-state index in [0.717, 1.165) is 33.8 Å². The SMILES string of the molecule is Cc1ccc(C(c2nc3ccccc3s2)N2CCCC2C(=O)O)cc1. The van der Waals surface area contributed by atoms with E-state index >= 15 is 0 Å². The molecule has 1 aliphatic rings. The maximum absolute atomic E-state index is 11.7. The second-order valence-electron chi connectivity index (χ2n) is 6.57. The molecule has 1 aromatic heterocycles. The molecular weight excluding hydrogens is 332 g/mol. The second kappa shape index (κ2) is 6.58. The van der Waals surface area contributed by atoms with Gasteiger partial charge >= 0.3 is 5.97 Å². The molecule has 0 spiro atoms. The second-order valence-corrected chi connectivity index (χ2v) is 7.63. The number of hydrogen-bond donors (Lipinski definition) is 1. The predicted molar refractivity (Wildman–Crippen MR) is 100 cm³/mol. The zero-order chi connectivity index (χ0) is 17.4. The molecule has 0 aliphatic carbocycles. The van der Waals surface area contributed by atoms with Gasteiger partial charge in [0.25, 0.3) is 0 Å². The van der Waals surface area contributed by atoms with Crippen molar-refractivity contribution in [3.63, 3.8) is 0 Å². The van der Waals surface area contributed by atoms with Crippen molar-refractivity contribution in [2.75, 3.05) is 6.54 Å². The van der Waals surface area contributed by atoms with Gasteiger partial charge in [0.2, 0.25) is 0 Å². The number of fused-ring (bicyclic) bond motifs is 1. The Kier molecular flexibility index (Phi) is 4.27. The molecule has 1 N–H and O–H groups in total. The number of aryl methyl sites for hydroxylation is 1. The summed E-state index contributed by atoms with van der Waals surface area (Å²) in [7, 11) is 0. The van der Waals surface area contributed by atoms with Gasteiger partial charge in [-0.1, -0.05) is 42.0 Å². The van der Waals surface area contributed by atoms with Crippen molar-refractivity contribution in [2.45, 2.75) is 31.8 Å². The minimum atomic E-state index is -0.740. The molecule has 2 atom stereocenters. The van der Waals surface area contributed by atoms with E-state index in [1.807, 2.05) is 18.2 Å². The molecule has 0 bridgehead atoms. The van der Waals surface area contributed by atoms with Gasteiger partial charge in [-0.2, -0.15) is 0 Å². The highest BCUT2D eigenvalue weighted by molar-refractivity contribution is 7.18. The van der Waals surface area contributed by atoms with Crippen LogP contribution in [0.1, 0.15) is 35.0 Å². The van der Waals surface area contributed by atoms with Gasteiger partial charge < -0.3 is 5.11 Å². The van der Waals surface area contributed by atoms with Gasteiger partial charge in [0.05, 0.1) is 16.3 Å². The van der Waals surface area contributed by atoms with Crippen LogP contribution in [0.15, 0.2) is 48.5 Å². The number of thiazole rings is 1. The molecule has 0 saturated carbocycles. The molecular formula is C20H20N2O2S. The molecule has 0 radical (unpaired) electrons. The molecule has 1 fully saturated rings. The summed E-state index contributed by atoms with van der Waals surface area (Å²) in [5.74, 6) is -0.740. The predicted octanol–water partition coefficient (Wildman–Crippen LogP) is 4.24. The maximum Gasteiger partial charge on any atom is 0.320 e. The fourth-order valence-corrected chi connectivity index (χ4v) is 4.71. The van der Waals surface area contributed by atoms with Crippen molar-refractivity contribution in [3.05, 3.63) is 64.7 Å². The zero-order valence-corrected chi connectivity index (χ0v) is 14.9. The smallest absolute Gasteiger partial charge is 0.320 e. The van der Waals surface area contributed by atoms with Gasteiger partial charge in [-0.15, -0.1) is 11.3 Å². The molecule has 3 aromatic rings. The molecule has 2 aromatic carbocycles. The van der Waals surface area contributed by atoms with E-state index in [9.17, 15) is 9.90 Å². The van der Waals surface area contributed by atoms with Crippen molar-refractivity contribution < 1.29 is 9.90 Å². The van der Waals surface area contributed by atoms with Gasteiger partial charge in [-0.25, -0.2) is 4.98 Å². The lowest BCUT2D eigenvalue weighted by Crippen LogP contribution is -2.39. The highest BCUT2D eigenvalue weighted by atomic mass is 32.1. The quantitative estimate of drug-likeness (QED) is 0.763. The lowest BCUT2D eigenvalue weighted by Gasteiger charge is -2.30. The number of hydrogen-bond acceptors (Lipinski definition) is 4. The third-order valence-electron chi connectivity index (χ3n) is 4.85. The lowest BCUT2D eigenvalue weighted by atomic mass is 10.0. The van der Waals surface area contributed by atoms with E-state index in [1.165, 1.54) is 5.56 Å². The average molecular weight is 352 g/mol. The Morgan fingerprint density at radius 1 is 1.24 bits per heavy atom. The van der Waals surface area contributed by atoms with E-state index in [0.29, 0.717) is 6.42 Å². The lowest BCUT2D eigenvalue weighted by molar-refractivity contribution is -0.142. The van der Waals surface area contributed by atoms with Crippen molar-refractivity contribution in [1.82, 2.24) is 9.88 Å². The molecule has 4 nitrogen and oxygen atoms in total. The highest BCUT2D eigenvalue weighted by Gasteiger charge is 2.38. The van der Waals surface area contributed by atoms with Crippen molar-refractivity contribution in [2.24, 2.45) is 0 Å². The zero-order valence-electron chi connectivity index (χ0n) is 14.1. The summed E-state index contributed by atoms with van der Waals surface area (Å²) in [5.41, 5.74) is 3.28. The number of carboxylic acid groups (broad SMARTS) is 1. The average Bonchev–Trinajstić information content (AvgIpc) is 3.24. The number of likely N-dealkylation sites (tertiary alicyclic amines) is 1. The van der Waals surface area contributed by atoms with E-state index in [2.05, 4.69) is 42.2 Å². The maximum atomic E-state index is 11.7. The fraction of sp³-hybridized carbons (Fsp3) is 0.300. The van der Waals surface area contributed by atoms with E-state index in [1.54, 1.807) is 11.3 Å². The van der Waals surface area contributed by atoms with Crippen LogP contribution in [0.5, 0.6) is 0 Å². The van der Waals surface area contributed by atoms with Crippen LogP contribution in [0.3, 0.4) is 0 Å². The van der Waals surface area contributed by atoms with Crippen LogP contribution in [0.2, 0.25) is 0 Å².